The summed E-state index contributed by atoms with van der Waals surface area (Å²) in [6.07, 6.45) is 6.33. The van der Waals surface area contributed by atoms with Crippen LogP contribution in [0, 0.1) is 0 Å². The highest BCUT2D eigenvalue weighted by atomic mass is 16.3. The summed E-state index contributed by atoms with van der Waals surface area (Å²) in [5.41, 5.74) is 5.98. The van der Waals surface area contributed by atoms with E-state index < -0.39 is 0 Å². The van der Waals surface area contributed by atoms with Gasteiger partial charge in [-0.15, -0.1) is 0 Å². The highest BCUT2D eigenvalue weighted by Crippen LogP contribution is 2.30. The van der Waals surface area contributed by atoms with Crippen LogP contribution < -0.4 is 5.73 Å². The Morgan fingerprint density at radius 3 is 2.78 bits per heavy atom. The topological polar surface area (TPSA) is 59.5 Å². The van der Waals surface area contributed by atoms with Gasteiger partial charge in [-0.2, -0.15) is 0 Å². The summed E-state index contributed by atoms with van der Waals surface area (Å²) < 4.78 is 5.29. The second kappa shape index (κ2) is 5.57. The number of hydrogen-bond acceptors (Lipinski definition) is 3. The summed E-state index contributed by atoms with van der Waals surface area (Å²) >= 11 is 0. The SMILES string of the molecule is CCN(Cc1ccco1)C(=O)CC1(N)CCCC1. The summed E-state index contributed by atoms with van der Waals surface area (Å²) in [6, 6.07) is 3.73. The van der Waals surface area contributed by atoms with Crippen molar-refractivity contribution >= 4 is 5.91 Å². The van der Waals surface area contributed by atoms with Gasteiger partial charge in [0.15, 0.2) is 0 Å². The van der Waals surface area contributed by atoms with Crippen LogP contribution in [0.2, 0.25) is 0 Å². The van der Waals surface area contributed by atoms with Gasteiger partial charge in [-0.1, -0.05) is 12.8 Å². The number of carbonyl (C=O) groups excluding carboxylic acids is 1. The fourth-order valence-corrected chi connectivity index (χ4v) is 2.64. The molecule has 1 heterocycles. The molecule has 100 valence electrons. The molecule has 0 aliphatic heterocycles. The van der Waals surface area contributed by atoms with E-state index in [4.69, 9.17) is 10.2 Å². The standard InChI is InChI=1S/C14H22N2O2/c1-2-16(11-12-6-5-9-18-12)13(17)10-14(15)7-3-4-8-14/h5-6,9H,2-4,7-8,10-11,15H2,1H3. The van der Waals surface area contributed by atoms with E-state index in [0.29, 0.717) is 19.5 Å². The fraction of sp³-hybridized carbons (Fsp3) is 0.643. The predicted molar refractivity (Wildman–Crippen MR) is 69.8 cm³/mol. The molecular formula is C14H22N2O2. The zero-order chi connectivity index (χ0) is 13.0. The molecular weight excluding hydrogens is 228 g/mol. The van der Waals surface area contributed by atoms with E-state index in [2.05, 4.69) is 0 Å². The first kappa shape index (κ1) is 13.1. The van der Waals surface area contributed by atoms with Crippen molar-refractivity contribution in [2.75, 3.05) is 6.54 Å². The van der Waals surface area contributed by atoms with Gasteiger partial charge in [0.05, 0.1) is 12.8 Å². The van der Waals surface area contributed by atoms with Crippen molar-refractivity contribution in [3.8, 4) is 0 Å². The molecule has 0 aromatic carbocycles. The molecule has 1 aliphatic rings. The molecule has 1 aliphatic carbocycles. The number of furan rings is 1. The molecule has 1 fully saturated rings. The van der Waals surface area contributed by atoms with Crippen molar-refractivity contribution in [1.29, 1.82) is 0 Å². The minimum Gasteiger partial charge on any atom is -0.467 e. The van der Waals surface area contributed by atoms with Crippen LogP contribution in [0.3, 0.4) is 0 Å². The average molecular weight is 250 g/mol. The molecule has 2 rings (SSSR count). The third-order valence-corrected chi connectivity index (χ3v) is 3.76. The highest BCUT2D eigenvalue weighted by Gasteiger charge is 2.33. The van der Waals surface area contributed by atoms with Gasteiger partial charge in [-0.05, 0) is 31.9 Å². The maximum absolute atomic E-state index is 12.3. The molecule has 0 bridgehead atoms. The number of amides is 1. The van der Waals surface area contributed by atoms with Gasteiger partial charge in [0.25, 0.3) is 0 Å². The predicted octanol–water partition coefficient (Wildman–Crippen LogP) is 2.29. The maximum Gasteiger partial charge on any atom is 0.224 e. The third-order valence-electron chi connectivity index (χ3n) is 3.76. The molecule has 1 saturated carbocycles. The van der Waals surface area contributed by atoms with Crippen LogP contribution in [0.25, 0.3) is 0 Å². The Labute approximate surface area is 108 Å². The van der Waals surface area contributed by atoms with Gasteiger partial charge in [0, 0.05) is 18.5 Å². The van der Waals surface area contributed by atoms with E-state index in [1.54, 1.807) is 6.26 Å². The average Bonchev–Trinajstić information content (AvgIpc) is 2.97. The van der Waals surface area contributed by atoms with Crippen molar-refractivity contribution in [1.82, 2.24) is 4.90 Å². The van der Waals surface area contributed by atoms with Crippen molar-refractivity contribution in [3.63, 3.8) is 0 Å². The number of carbonyl (C=O) groups is 1. The Balaban J connectivity index is 1.93. The second-order valence-corrected chi connectivity index (χ2v) is 5.23. The lowest BCUT2D eigenvalue weighted by molar-refractivity contribution is -0.133. The van der Waals surface area contributed by atoms with Gasteiger partial charge >= 0.3 is 0 Å². The Bertz CT molecular complexity index is 381. The Hall–Kier alpha value is -1.29. The van der Waals surface area contributed by atoms with Gasteiger partial charge in [-0.3, -0.25) is 4.79 Å². The van der Waals surface area contributed by atoms with Gasteiger partial charge in [0.1, 0.15) is 5.76 Å². The first-order valence-electron chi connectivity index (χ1n) is 6.72. The highest BCUT2D eigenvalue weighted by molar-refractivity contribution is 5.77. The fourth-order valence-electron chi connectivity index (χ4n) is 2.64. The molecule has 0 spiro atoms. The molecule has 0 radical (unpaired) electrons. The largest absolute Gasteiger partial charge is 0.467 e. The van der Waals surface area contributed by atoms with E-state index in [-0.39, 0.29) is 11.4 Å². The van der Waals surface area contributed by atoms with Crippen LogP contribution in [-0.4, -0.2) is 22.9 Å². The summed E-state index contributed by atoms with van der Waals surface area (Å²) in [4.78, 5) is 14.1. The van der Waals surface area contributed by atoms with Gasteiger partial charge < -0.3 is 15.1 Å². The van der Waals surface area contributed by atoms with Crippen LogP contribution in [0.4, 0.5) is 0 Å². The lowest BCUT2D eigenvalue weighted by Crippen LogP contribution is -2.43. The normalized spacial score (nSPS) is 17.9. The molecule has 4 heteroatoms. The summed E-state index contributed by atoms with van der Waals surface area (Å²) in [5, 5.41) is 0. The first-order valence-corrected chi connectivity index (χ1v) is 6.72. The van der Waals surface area contributed by atoms with Crippen LogP contribution in [-0.2, 0) is 11.3 Å². The molecule has 0 saturated heterocycles. The first-order chi connectivity index (χ1) is 8.63. The maximum atomic E-state index is 12.3. The Kier molecular flexibility index (Phi) is 4.07. The molecule has 1 aromatic heterocycles. The van der Waals surface area contributed by atoms with Crippen molar-refractivity contribution in [3.05, 3.63) is 24.2 Å². The second-order valence-electron chi connectivity index (χ2n) is 5.23. The summed E-state index contributed by atoms with van der Waals surface area (Å²) in [7, 11) is 0. The number of rotatable bonds is 5. The number of nitrogens with zero attached hydrogens (tertiary/aromatic N) is 1. The monoisotopic (exact) mass is 250 g/mol. The minimum absolute atomic E-state index is 0.137. The van der Waals surface area contributed by atoms with Crippen LogP contribution in [0.5, 0.6) is 0 Å². The van der Waals surface area contributed by atoms with E-state index in [1.807, 2.05) is 24.0 Å². The smallest absolute Gasteiger partial charge is 0.224 e. The molecule has 1 aromatic rings. The van der Waals surface area contributed by atoms with Crippen molar-refractivity contribution in [2.45, 2.75) is 51.1 Å². The molecule has 4 nitrogen and oxygen atoms in total. The Morgan fingerprint density at radius 1 is 1.50 bits per heavy atom. The van der Waals surface area contributed by atoms with E-state index in [1.165, 1.54) is 0 Å². The van der Waals surface area contributed by atoms with E-state index in [0.717, 1.165) is 31.4 Å². The van der Waals surface area contributed by atoms with Crippen LogP contribution in [0.1, 0.15) is 44.8 Å². The van der Waals surface area contributed by atoms with Crippen LogP contribution in [0.15, 0.2) is 22.8 Å². The zero-order valence-corrected chi connectivity index (χ0v) is 11.0. The lowest BCUT2D eigenvalue weighted by Gasteiger charge is -2.27. The minimum atomic E-state index is -0.270. The molecule has 18 heavy (non-hydrogen) atoms. The van der Waals surface area contributed by atoms with Crippen LogP contribution >= 0.6 is 0 Å². The van der Waals surface area contributed by atoms with Gasteiger partial charge in [0.2, 0.25) is 5.91 Å². The summed E-state index contributed by atoms with van der Waals surface area (Å²) in [6.45, 7) is 3.21. The van der Waals surface area contributed by atoms with E-state index in [9.17, 15) is 4.79 Å². The van der Waals surface area contributed by atoms with Gasteiger partial charge in [-0.25, -0.2) is 0 Å². The van der Waals surface area contributed by atoms with E-state index >= 15 is 0 Å². The third kappa shape index (κ3) is 3.13. The molecule has 0 atom stereocenters. The number of hydrogen-bond donors (Lipinski definition) is 1. The lowest BCUT2D eigenvalue weighted by atomic mass is 9.94. The molecule has 1 amide bonds. The summed E-state index contributed by atoms with van der Waals surface area (Å²) in [5.74, 6) is 0.959. The zero-order valence-electron chi connectivity index (χ0n) is 11.0. The Morgan fingerprint density at radius 2 is 2.22 bits per heavy atom. The van der Waals surface area contributed by atoms with Crippen molar-refractivity contribution in [2.24, 2.45) is 5.73 Å². The molecule has 0 unspecified atom stereocenters. The quantitative estimate of drug-likeness (QED) is 0.872. The molecule has 2 N–H and O–H groups in total. The number of nitrogens with two attached hydrogens (primary N) is 1. The van der Waals surface area contributed by atoms with Crippen molar-refractivity contribution < 1.29 is 9.21 Å².